The molecule has 6 heteroatoms. The summed E-state index contributed by atoms with van der Waals surface area (Å²) in [4.78, 5) is 48.0. The van der Waals surface area contributed by atoms with E-state index in [0.29, 0.717) is 16.8 Å². The molecule has 30 heavy (non-hydrogen) atoms. The summed E-state index contributed by atoms with van der Waals surface area (Å²) in [5.74, 6) is -1.35. The molecule has 0 atom stereocenters. The molecule has 0 heterocycles. The Balaban J connectivity index is 1.79. The molecule has 0 fully saturated rings. The summed E-state index contributed by atoms with van der Waals surface area (Å²) in [6.07, 6.45) is -0.0566. The molecule has 1 amide bonds. The first kappa shape index (κ1) is 23.0. The topological polar surface area (TPSA) is 89.5 Å². The van der Waals surface area contributed by atoms with Crippen LogP contribution in [0.4, 0.5) is 5.69 Å². The molecular weight excluding hydrogens is 382 g/mol. The second-order valence-electron chi connectivity index (χ2n) is 7.53. The van der Waals surface area contributed by atoms with Crippen LogP contribution in [-0.2, 0) is 14.3 Å². The molecule has 0 unspecified atom stereocenters. The summed E-state index contributed by atoms with van der Waals surface area (Å²) in [6, 6.07) is 11.8. The number of carbonyl (C=O) groups excluding carboxylic acids is 4. The standard InChI is InChI=1S/C24H27NO5/c1-15(2)24(29)25-20-9-7-18(8-10-20)22(27)14-30-23(28)12-11-21(26)19-6-5-16(3)17(4)13-19/h5-10,13,15H,11-12,14H2,1-4H3,(H,25,29). The van der Waals surface area contributed by atoms with E-state index >= 15 is 0 Å². The Labute approximate surface area is 176 Å². The zero-order valence-corrected chi connectivity index (χ0v) is 17.8. The van der Waals surface area contributed by atoms with Crippen LogP contribution in [0, 0.1) is 19.8 Å². The highest BCUT2D eigenvalue weighted by molar-refractivity contribution is 6.00. The number of carbonyl (C=O) groups is 4. The van der Waals surface area contributed by atoms with E-state index in [1.807, 2.05) is 19.9 Å². The van der Waals surface area contributed by atoms with E-state index in [1.165, 1.54) is 0 Å². The van der Waals surface area contributed by atoms with Crippen LogP contribution < -0.4 is 5.32 Å². The van der Waals surface area contributed by atoms with Crippen molar-refractivity contribution in [3.05, 3.63) is 64.7 Å². The highest BCUT2D eigenvalue weighted by Crippen LogP contribution is 2.14. The number of rotatable bonds is 9. The van der Waals surface area contributed by atoms with E-state index in [-0.39, 0.29) is 36.2 Å². The molecule has 1 N–H and O–H groups in total. The molecule has 0 radical (unpaired) electrons. The van der Waals surface area contributed by atoms with E-state index in [2.05, 4.69) is 5.32 Å². The summed E-state index contributed by atoms with van der Waals surface area (Å²) in [5.41, 5.74) is 3.64. The number of ether oxygens (including phenoxy) is 1. The lowest BCUT2D eigenvalue weighted by Gasteiger charge is -2.08. The Morgan fingerprint density at radius 2 is 1.47 bits per heavy atom. The van der Waals surface area contributed by atoms with Crippen molar-refractivity contribution in [2.45, 2.75) is 40.5 Å². The minimum atomic E-state index is -0.596. The number of esters is 1. The van der Waals surface area contributed by atoms with Crippen molar-refractivity contribution in [2.75, 3.05) is 11.9 Å². The molecule has 6 nitrogen and oxygen atoms in total. The first-order valence-electron chi connectivity index (χ1n) is 9.87. The normalized spacial score (nSPS) is 10.6. The van der Waals surface area contributed by atoms with Crippen molar-refractivity contribution in [1.29, 1.82) is 0 Å². The van der Waals surface area contributed by atoms with Crippen molar-refractivity contribution < 1.29 is 23.9 Å². The molecule has 0 aromatic heterocycles. The molecule has 158 valence electrons. The Bertz CT molecular complexity index is 945. The third kappa shape index (κ3) is 6.65. The van der Waals surface area contributed by atoms with Gasteiger partial charge in [0.05, 0.1) is 6.42 Å². The maximum Gasteiger partial charge on any atom is 0.306 e. The predicted octanol–water partition coefficient (Wildman–Crippen LogP) is 4.29. The SMILES string of the molecule is Cc1ccc(C(=O)CCC(=O)OCC(=O)c2ccc(NC(=O)C(C)C)cc2)cc1C. The molecule has 0 saturated carbocycles. The monoisotopic (exact) mass is 409 g/mol. The first-order chi connectivity index (χ1) is 14.2. The van der Waals surface area contributed by atoms with Crippen molar-refractivity contribution in [3.8, 4) is 0 Å². The number of aryl methyl sites for hydroxylation is 2. The zero-order valence-electron chi connectivity index (χ0n) is 17.8. The second-order valence-corrected chi connectivity index (χ2v) is 7.53. The van der Waals surface area contributed by atoms with Crippen LogP contribution in [0.25, 0.3) is 0 Å². The average molecular weight is 409 g/mol. The quantitative estimate of drug-likeness (QED) is 0.493. The van der Waals surface area contributed by atoms with Gasteiger partial charge in [0, 0.05) is 29.2 Å². The molecule has 2 aromatic rings. The van der Waals surface area contributed by atoms with Gasteiger partial charge in [0.2, 0.25) is 5.91 Å². The lowest BCUT2D eigenvalue weighted by molar-refractivity contribution is -0.142. The lowest BCUT2D eigenvalue weighted by Crippen LogP contribution is -2.18. The fourth-order valence-corrected chi connectivity index (χ4v) is 2.60. The predicted molar refractivity (Wildman–Crippen MR) is 115 cm³/mol. The molecule has 0 spiro atoms. The van der Waals surface area contributed by atoms with Gasteiger partial charge in [0.25, 0.3) is 0 Å². The lowest BCUT2D eigenvalue weighted by atomic mass is 10.0. The maximum atomic E-state index is 12.2. The largest absolute Gasteiger partial charge is 0.457 e. The second kappa shape index (κ2) is 10.5. The molecule has 0 bridgehead atoms. The minimum absolute atomic E-state index is 0.0276. The van der Waals surface area contributed by atoms with Gasteiger partial charge < -0.3 is 10.1 Å². The van der Waals surface area contributed by atoms with Gasteiger partial charge in [-0.2, -0.15) is 0 Å². The van der Waals surface area contributed by atoms with Crippen LogP contribution in [-0.4, -0.2) is 30.0 Å². The van der Waals surface area contributed by atoms with Gasteiger partial charge in [-0.05, 0) is 55.3 Å². The van der Waals surface area contributed by atoms with Gasteiger partial charge in [-0.1, -0.05) is 26.0 Å². The number of Topliss-reactive ketones (excluding diaryl/α,β-unsaturated/α-hetero) is 2. The van der Waals surface area contributed by atoms with E-state index in [0.717, 1.165) is 11.1 Å². The van der Waals surface area contributed by atoms with Gasteiger partial charge in [0.1, 0.15) is 0 Å². The number of amides is 1. The number of nitrogens with one attached hydrogen (secondary N) is 1. The van der Waals surface area contributed by atoms with Crippen molar-refractivity contribution in [1.82, 2.24) is 0 Å². The van der Waals surface area contributed by atoms with Crippen LogP contribution in [0.15, 0.2) is 42.5 Å². The number of anilines is 1. The van der Waals surface area contributed by atoms with E-state index < -0.39 is 12.6 Å². The molecule has 0 aliphatic carbocycles. The van der Waals surface area contributed by atoms with Crippen molar-refractivity contribution in [3.63, 3.8) is 0 Å². The summed E-state index contributed by atoms with van der Waals surface area (Å²) < 4.78 is 5.00. The average Bonchev–Trinajstić information content (AvgIpc) is 2.72. The molecular formula is C24H27NO5. The van der Waals surface area contributed by atoms with Crippen LogP contribution >= 0.6 is 0 Å². The van der Waals surface area contributed by atoms with Crippen LogP contribution in [0.5, 0.6) is 0 Å². The fourth-order valence-electron chi connectivity index (χ4n) is 2.60. The van der Waals surface area contributed by atoms with Crippen LogP contribution in [0.1, 0.15) is 58.5 Å². The fraction of sp³-hybridized carbons (Fsp3) is 0.333. The van der Waals surface area contributed by atoms with E-state index in [4.69, 9.17) is 4.74 Å². The number of hydrogen-bond donors (Lipinski definition) is 1. The minimum Gasteiger partial charge on any atom is -0.457 e. The third-order valence-corrected chi connectivity index (χ3v) is 4.75. The van der Waals surface area contributed by atoms with Crippen molar-refractivity contribution in [2.24, 2.45) is 5.92 Å². The summed E-state index contributed by atoms with van der Waals surface area (Å²) in [7, 11) is 0. The molecule has 2 aromatic carbocycles. The number of benzene rings is 2. The molecule has 2 rings (SSSR count). The number of ketones is 2. The van der Waals surface area contributed by atoms with Crippen LogP contribution in [0.3, 0.4) is 0 Å². The van der Waals surface area contributed by atoms with Gasteiger partial charge in [-0.3, -0.25) is 19.2 Å². The highest BCUT2D eigenvalue weighted by Gasteiger charge is 2.14. The van der Waals surface area contributed by atoms with Gasteiger partial charge in [-0.15, -0.1) is 0 Å². The molecule has 0 aliphatic heterocycles. The van der Waals surface area contributed by atoms with Gasteiger partial charge >= 0.3 is 5.97 Å². The van der Waals surface area contributed by atoms with Gasteiger partial charge in [-0.25, -0.2) is 0 Å². The molecule has 0 saturated heterocycles. The van der Waals surface area contributed by atoms with Gasteiger partial charge in [0.15, 0.2) is 18.2 Å². The Kier molecular flexibility index (Phi) is 8.04. The summed E-state index contributed by atoms with van der Waals surface area (Å²) in [5, 5.41) is 2.74. The smallest absolute Gasteiger partial charge is 0.306 e. The van der Waals surface area contributed by atoms with E-state index in [9.17, 15) is 19.2 Å². The zero-order chi connectivity index (χ0) is 22.3. The highest BCUT2D eigenvalue weighted by atomic mass is 16.5. The molecule has 0 aliphatic rings. The summed E-state index contributed by atoms with van der Waals surface area (Å²) >= 11 is 0. The summed E-state index contributed by atoms with van der Waals surface area (Å²) in [6.45, 7) is 7.08. The van der Waals surface area contributed by atoms with Crippen molar-refractivity contribution >= 4 is 29.1 Å². The Hall–Kier alpha value is -3.28. The Morgan fingerprint density at radius 1 is 0.833 bits per heavy atom. The maximum absolute atomic E-state index is 12.2. The third-order valence-electron chi connectivity index (χ3n) is 4.75. The Morgan fingerprint density at radius 3 is 2.07 bits per heavy atom. The number of hydrogen-bond acceptors (Lipinski definition) is 5. The van der Waals surface area contributed by atoms with E-state index in [1.54, 1.807) is 50.2 Å². The first-order valence-corrected chi connectivity index (χ1v) is 9.87. The van der Waals surface area contributed by atoms with Crippen LogP contribution in [0.2, 0.25) is 0 Å².